The van der Waals surface area contributed by atoms with Crippen LogP contribution in [0.25, 0.3) is 0 Å². The molecule has 0 aromatic heterocycles. The van der Waals surface area contributed by atoms with E-state index in [1.807, 2.05) is 6.92 Å². The Bertz CT molecular complexity index is 402. The van der Waals surface area contributed by atoms with E-state index in [0.29, 0.717) is 6.42 Å². The van der Waals surface area contributed by atoms with Crippen molar-refractivity contribution in [2.75, 3.05) is 13.6 Å². The van der Waals surface area contributed by atoms with Crippen molar-refractivity contribution >= 4 is 20.3 Å². The Morgan fingerprint density at radius 2 is 1.70 bits per heavy atom. The second-order valence-corrected chi connectivity index (χ2v) is 14.0. The van der Waals surface area contributed by atoms with E-state index in [1.165, 1.54) is 4.90 Å². The molecule has 136 valence electrons. The highest BCUT2D eigenvalue weighted by atomic mass is 28.3. The summed E-state index contributed by atoms with van der Waals surface area (Å²) in [5.74, 6) is 0. The summed E-state index contributed by atoms with van der Waals surface area (Å²) in [6, 6.07) is 0. The molecule has 0 rings (SSSR count). The first-order valence-electron chi connectivity index (χ1n) is 8.10. The van der Waals surface area contributed by atoms with Crippen molar-refractivity contribution in [3.05, 3.63) is 0 Å². The number of nitrogens with two attached hydrogens (primary N) is 1. The molecule has 0 saturated carbocycles. The minimum Gasteiger partial charge on any atom is -0.450 e. The first-order chi connectivity index (χ1) is 10.2. The van der Waals surface area contributed by atoms with Gasteiger partial charge < -0.3 is 20.1 Å². The van der Waals surface area contributed by atoms with Crippen LogP contribution in [-0.4, -0.2) is 50.6 Å². The van der Waals surface area contributed by atoms with Crippen molar-refractivity contribution in [2.24, 2.45) is 11.1 Å². The molecule has 0 bridgehead atoms. The second kappa shape index (κ2) is 8.56. The molecule has 6 nitrogen and oxygen atoms in total. The number of carbonyl (C=O) groups excluding carboxylic acids is 2. The Hall–Kier alpha value is -1.24. The number of primary amides is 1. The highest BCUT2D eigenvalue weighted by molar-refractivity contribution is 6.77. The Morgan fingerprint density at radius 1 is 1.17 bits per heavy atom. The molecule has 0 aromatic rings. The van der Waals surface area contributed by atoms with Gasteiger partial charge in [0.25, 0.3) is 0 Å². The van der Waals surface area contributed by atoms with E-state index in [-0.39, 0.29) is 17.7 Å². The summed E-state index contributed by atoms with van der Waals surface area (Å²) in [7, 11) is 0.0960. The topological polar surface area (TPSA) is 81.9 Å². The number of carbonyl (C=O) groups is 2. The average Bonchev–Trinajstić information content (AvgIpc) is 2.32. The van der Waals surface area contributed by atoms with Gasteiger partial charge in [-0.1, -0.05) is 40.4 Å². The molecule has 7 heteroatoms. The van der Waals surface area contributed by atoms with Crippen LogP contribution < -0.4 is 5.73 Å². The van der Waals surface area contributed by atoms with E-state index in [9.17, 15) is 9.59 Å². The zero-order valence-electron chi connectivity index (χ0n) is 15.9. The summed E-state index contributed by atoms with van der Waals surface area (Å²) >= 11 is 0. The van der Waals surface area contributed by atoms with E-state index in [0.717, 1.165) is 6.42 Å². The Labute approximate surface area is 141 Å². The van der Waals surface area contributed by atoms with Crippen LogP contribution in [-0.2, 0) is 9.47 Å². The predicted molar refractivity (Wildman–Crippen MR) is 95.1 cm³/mol. The van der Waals surface area contributed by atoms with Gasteiger partial charge >= 0.3 is 12.2 Å². The van der Waals surface area contributed by atoms with Crippen molar-refractivity contribution < 1.29 is 19.1 Å². The van der Waals surface area contributed by atoms with Crippen LogP contribution in [0, 0.1) is 5.41 Å². The van der Waals surface area contributed by atoms with Crippen LogP contribution in [0.3, 0.4) is 0 Å². The third-order valence-corrected chi connectivity index (χ3v) is 6.34. The fourth-order valence-corrected chi connectivity index (χ4v) is 2.20. The number of rotatable bonds is 7. The van der Waals surface area contributed by atoms with Gasteiger partial charge in [-0.25, -0.2) is 9.59 Å². The smallest absolute Gasteiger partial charge is 0.409 e. The predicted octanol–water partition coefficient (Wildman–Crippen LogP) is 3.61. The van der Waals surface area contributed by atoms with Gasteiger partial charge in [-0.2, -0.15) is 0 Å². The maximum absolute atomic E-state index is 12.2. The van der Waals surface area contributed by atoms with Gasteiger partial charge in [0, 0.05) is 7.05 Å². The SMILES string of the molecule is CC(OC(=O)N(C)CC(CCC(C)(C)C)OC(N)=O)[Si](C)(C)C. The van der Waals surface area contributed by atoms with Gasteiger partial charge in [-0.05, 0) is 25.2 Å². The molecular weight excluding hydrogens is 312 g/mol. The monoisotopic (exact) mass is 346 g/mol. The molecule has 0 aromatic carbocycles. The molecule has 0 spiro atoms. The first kappa shape index (κ1) is 21.8. The zero-order valence-corrected chi connectivity index (χ0v) is 16.9. The van der Waals surface area contributed by atoms with Gasteiger partial charge in [-0.15, -0.1) is 0 Å². The maximum atomic E-state index is 12.2. The molecule has 23 heavy (non-hydrogen) atoms. The number of hydrogen-bond acceptors (Lipinski definition) is 4. The van der Waals surface area contributed by atoms with Crippen molar-refractivity contribution in [1.29, 1.82) is 0 Å². The third kappa shape index (κ3) is 10.2. The number of hydrogen-bond donors (Lipinski definition) is 1. The molecular formula is C16H34N2O4Si. The molecule has 0 saturated heterocycles. The van der Waals surface area contributed by atoms with Gasteiger partial charge in [0.15, 0.2) is 0 Å². The van der Waals surface area contributed by atoms with Gasteiger partial charge in [0.2, 0.25) is 0 Å². The van der Waals surface area contributed by atoms with Gasteiger partial charge in [0.05, 0.1) is 20.3 Å². The quantitative estimate of drug-likeness (QED) is 0.714. The second-order valence-electron chi connectivity index (χ2n) is 8.43. The largest absolute Gasteiger partial charge is 0.450 e. The summed E-state index contributed by atoms with van der Waals surface area (Å²) < 4.78 is 10.6. The average molecular weight is 347 g/mol. The summed E-state index contributed by atoms with van der Waals surface area (Å²) in [5, 5.41) is 0. The van der Waals surface area contributed by atoms with Crippen molar-refractivity contribution in [2.45, 2.75) is 72.0 Å². The van der Waals surface area contributed by atoms with E-state index in [1.54, 1.807) is 7.05 Å². The molecule has 2 amide bonds. The van der Waals surface area contributed by atoms with Crippen molar-refractivity contribution in [3.63, 3.8) is 0 Å². The van der Waals surface area contributed by atoms with Crippen LogP contribution in [0.1, 0.15) is 40.5 Å². The number of likely N-dealkylation sites (N-methyl/N-ethyl adjacent to an activating group) is 1. The maximum Gasteiger partial charge on any atom is 0.409 e. The van der Waals surface area contributed by atoms with E-state index in [4.69, 9.17) is 15.2 Å². The van der Waals surface area contributed by atoms with Gasteiger partial charge in [-0.3, -0.25) is 0 Å². The molecule has 0 fully saturated rings. The number of nitrogens with zero attached hydrogens (tertiary/aromatic N) is 1. The lowest BCUT2D eigenvalue weighted by molar-refractivity contribution is 0.0549. The van der Waals surface area contributed by atoms with E-state index < -0.39 is 26.4 Å². The lowest BCUT2D eigenvalue weighted by atomic mass is 9.89. The fourth-order valence-electron chi connectivity index (χ4n) is 1.74. The molecule has 0 aliphatic carbocycles. The highest BCUT2D eigenvalue weighted by Gasteiger charge is 2.28. The first-order valence-corrected chi connectivity index (χ1v) is 11.7. The van der Waals surface area contributed by atoms with Crippen LogP contribution in [0.5, 0.6) is 0 Å². The lowest BCUT2D eigenvalue weighted by Crippen LogP contribution is -2.44. The summed E-state index contributed by atoms with van der Waals surface area (Å²) in [5.41, 5.74) is 5.17. The zero-order chi connectivity index (χ0) is 18.4. The fraction of sp³-hybridized carbons (Fsp3) is 0.875. The summed E-state index contributed by atoms with van der Waals surface area (Å²) in [4.78, 5) is 24.7. The molecule has 2 unspecified atom stereocenters. The standard InChI is InChI=1S/C16H34N2O4Si/c1-12(23(6,7)8)21-15(20)18(5)11-13(22-14(17)19)9-10-16(2,3)4/h12-13H,9-11H2,1-8H3,(H2,17,19). The molecule has 2 atom stereocenters. The Morgan fingerprint density at radius 3 is 2.09 bits per heavy atom. The molecule has 0 aliphatic heterocycles. The molecule has 2 N–H and O–H groups in total. The summed E-state index contributed by atoms with van der Waals surface area (Å²) in [6.07, 6.45) is -0.131. The molecule has 0 aliphatic rings. The van der Waals surface area contributed by atoms with Crippen LogP contribution in [0.4, 0.5) is 9.59 Å². The summed E-state index contributed by atoms with van der Waals surface area (Å²) in [6.45, 7) is 15.0. The Kier molecular flexibility index (Phi) is 8.10. The van der Waals surface area contributed by atoms with Crippen LogP contribution >= 0.6 is 0 Å². The minimum atomic E-state index is -1.55. The molecule has 0 heterocycles. The van der Waals surface area contributed by atoms with Crippen molar-refractivity contribution in [1.82, 2.24) is 4.90 Å². The highest BCUT2D eigenvalue weighted by Crippen LogP contribution is 2.23. The van der Waals surface area contributed by atoms with Crippen LogP contribution in [0.2, 0.25) is 19.6 Å². The van der Waals surface area contributed by atoms with E-state index in [2.05, 4.69) is 40.4 Å². The van der Waals surface area contributed by atoms with Gasteiger partial charge in [0.1, 0.15) is 6.10 Å². The van der Waals surface area contributed by atoms with Crippen molar-refractivity contribution in [3.8, 4) is 0 Å². The minimum absolute atomic E-state index is 0.0810. The lowest BCUT2D eigenvalue weighted by Gasteiger charge is -2.29. The third-order valence-electron chi connectivity index (χ3n) is 3.79. The number of ether oxygens (including phenoxy) is 2. The normalized spacial score (nSPS) is 14.8. The Balaban J connectivity index is 4.65. The van der Waals surface area contributed by atoms with E-state index >= 15 is 0 Å². The molecule has 0 radical (unpaired) electrons. The van der Waals surface area contributed by atoms with Crippen LogP contribution in [0.15, 0.2) is 0 Å². The number of amides is 2.